The van der Waals surface area contributed by atoms with Gasteiger partial charge in [-0.05, 0) is 63.4 Å². The molecule has 0 N–H and O–H groups in total. The van der Waals surface area contributed by atoms with Crippen molar-refractivity contribution in [1.29, 1.82) is 0 Å². The van der Waals surface area contributed by atoms with Crippen molar-refractivity contribution in [3.63, 3.8) is 0 Å². The molecule has 4 nitrogen and oxygen atoms in total. The summed E-state index contributed by atoms with van der Waals surface area (Å²) in [6, 6.07) is 56.4. The Kier molecular flexibility index (Phi) is 14.0. The maximum Gasteiger partial charge on any atom is 0.112 e. The smallest absolute Gasteiger partial charge is 0.112 e. The molecule has 7 rings (SSSR count). The Morgan fingerprint density at radius 1 is 0.500 bits per heavy atom. The third-order valence-electron chi connectivity index (χ3n) is 10.8. The first-order chi connectivity index (χ1) is 27.6. The molecule has 6 aromatic carbocycles. The fourth-order valence-corrected chi connectivity index (χ4v) is 7.85. The van der Waals surface area contributed by atoms with Crippen molar-refractivity contribution in [2.75, 3.05) is 6.61 Å². The van der Waals surface area contributed by atoms with Crippen LogP contribution in [-0.4, -0.2) is 24.9 Å². The first kappa shape index (κ1) is 39.4. The normalized spacial score (nSPS) is 19.5. The van der Waals surface area contributed by atoms with Crippen molar-refractivity contribution in [2.24, 2.45) is 5.92 Å². The number of aryl methyl sites for hydroxylation is 1. The molecule has 0 aliphatic heterocycles. The molecule has 0 radical (unpaired) electrons. The van der Waals surface area contributed by atoms with E-state index in [1.165, 1.54) is 11.1 Å². The van der Waals surface area contributed by atoms with Crippen molar-refractivity contribution < 1.29 is 18.9 Å². The lowest BCUT2D eigenvalue weighted by Gasteiger charge is -2.48. The molecule has 2 unspecified atom stereocenters. The number of hydrogen-bond acceptors (Lipinski definition) is 4. The third-order valence-corrected chi connectivity index (χ3v) is 11.1. The summed E-state index contributed by atoms with van der Waals surface area (Å²) in [4.78, 5) is 0. The Bertz CT molecular complexity index is 2090. The van der Waals surface area contributed by atoms with Gasteiger partial charge in [-0.15, -0.1) is 0 Å². The summed E-state index contributed by atoms with van der Waals surface area (Å²) in [5, 5.41) is 0.736. The molecular formula is C51H51ClO4. The van der Waals surface area contributed by atoms with E-state index in [4.69, 9.17) is 37.1 Å². The van der Waals surface area contributed by atoms with Gasteiger partial charge in [0.1, 0.15) is 6.10 Å². The van der Waals surface area contributed by atoms with E-state index in [1.54, 1.807) is 0 Å². The van der Waals surface area contributed by atoms with Crippen LogP contribution >= 0.6 is 11.6 Å². The average Bonchev–Trinajstić information content (AvgIpc) is 3.25. The Balaban J connectivity index is 1.29. The first-order valence-electron chi connectivity index (χ1n) is 19.7. The largest absolute Gasteiger partial charge is 0.376 e. The van der Waals surface area contributed by atoms with Crippen LogP contribution in [0.4, 0.5) is 0 Å². The maximum atomic E-state index is 7.09. The SMILES string of the molecule is C=C1[C@H](COCc2ccccc2)C(OCc2ccccc2)C(OCc2ccccc2)[C@@H](OCc2ccccc2)[C@@H]1c1ccc(Cl)c(Cc2ccc(CC)cc2)c1. The van der Waals surface area contributed by atoms with Gasteiger partial charge in [-0.3, -0.25) is 0 Å². The van der Waals surface area contributed by atoms with Gasteiger partial charge >= 0.3 is 0 Å². The van der Waals surface area contributed by atoms with Gasteiger partial charge in [0.15, 0.2) is 0 Å². The molecular weight excluding hydrogens is 712 g/mol. The molecule has 1 saturated carbocycles. The fourth-order valence-electron chi connectivity index (χ4n) is 7.67. The maximum absolute atomic E-state index is 7.09. The van der Waals surface area contributed by atoms with Crippen LogP contribution in [0.2, 0.25) is 5.02 Å². The average molecular weight is 763 g/mol. The molecule has 5 heteroatoms. The van der Waals surface area contributed by atoms with Crippen molar-refractivity contribution in [3.05, 3.63) is 225 Å². The molecule has 0 spiro atoms. The second-order valence-electron chi connectivity index (χ2n) is 14.6. The zero-order chi connectivity index (χ0) is 38.5. The summed E-state index contributed by atoms with van der Waals surface area (Å²) in [6.07, 6.45) is 0.402. The summed E-state index contributed by atoms with van der Waals surface area (Å²) in [5.74, 6) is -0.439. The van der Waals surface area contributed by atoms with E-state index in [-0.39, 0.29) is 11.8 Å². The Morgan fingerprint density at radius 2 is 0.964 bits per heavy atom. The second kappa shape index (κ2) is 19.9. The standard InChI is InChI=1S/C51H51ClO4/c1-3-38-24-26-39(27-25-38)30-45-31-44(28-29-47(45)52)48-37(2)46(36-53-32-40-16-8-4-9-17-40)49(54-33-41-18-10-5-11-19-41)51(56-35-43-22-14-7-15-23-43)50(48)55-34-42-20-12-6-13-21-42/h4-29,31,46,48-51H,2-3,30,32-36H2,1H3/t46-,48-,49?,50-,51?/m0/s1. The lowest BCUT2D eigenvalue weighted by Crippen LogP contribution is -2.55. The van der Waals surface area contributed by atoms with Crippen LogP contribution in [0.3, 0.4) is 0 Å². The Hall–Kier alpha value is -4.81. The molecule has 0 saturated heterocycles. The van der Waals surface area contributed by atoms with Gasteiger partial charge in [-0.2, -0.15) is 0 Å². The van der Waals surface area contributed by atoms with E-state index in [0.717, 1.165) is 50.4 Å². The van der Waals surface area contributed by atoms with E-state index in [1.807, 2.05) is 78.9 Å². The van der Waals surface area contributed by atoms with E-state index >= 15 is 0 Å². The zero-order valence-corrected chi connectivity index (χ0v) is 32.9. The van der Waals surface area contributed by atoms with Crippen LogP contribution in [0.25, 0.3) is 0 Å². The molecule has 1 aliphatic carbocycles. The fraction of sp³-hybridized carbons (Fsp3) is 0.255. The van der Waals surface area contributed by atoms with Crippen molar-refractivity contribution in [1.82, 2.24) is 0 Å². The van der Waals surface area contributed by atoms with Crippen LogP contribution in [-0.2, 0) is 58.2 Å². The summed E-state index contributed by atoms with van der Waals surface area (Å²) in [6.45, 7) is 9.15. The number of halogens is 1. The highest BCUT2D eigenvalue weighted by Gasteiger charge is 2.50. The second-order valence-corrected chi connectivity index (χ2v) is 15.0. The minimum atomic E-state index is -0.468. The molecule has 1 aliphatic rings. The predicted molar refractivity (Wildman–Crippen MR) is 227 cm³/mol. The molecule has 56 heavy (non-hydrogen) atoms. The van der Waals surface area contributed by atoms with Crippen LogP contribution < -0.4 is 0 Å². The van der Waals surface area contributed by atoms with Crippen molar-refractivity contribution in [3.8, 4) is 0 Å². The summed E-state index contributed by atoms with van der Waals surface area (Å²) < 4.78 is 27.7. The summed E-state index contributed by atoms with van der Waals surface area (Å²) >= 11 is 6.96. The molecule has 0 bridgehead atoms. The number of benzene rings is 6. The van der Waals surface area contributed by atoms with Gasteiger partial charge in [0, 0.05) is 16.9 Å². The highest BCUT2D eigenvalue weighted by atomic mass is 35.5. The molecule has 0 heterocycles. The number of rotatable bonds is 17. The lowest BCUT2D eigenvalue weighted by molar-refractivity contribution is -0.187. The topological polar surface area (TPSA) is 36.9 Å². The minimum absolute atomic E-state index is 0.203. The Morgan fingerprint density at radius 3 is 1.48 bits per heavy atom. The highest BCUT2D eigenvalue weighted by molar-refractivity contribution is 6.31. The zero-order valence-electron chi connectivity index (χ0n) is 32.1. The van der Waals surface area contributed by atoms with Gasteiger partial charge in [0.05, 0.1) is 45.2 Å². The van der Waals surface area contributed by atoms with Crippen LogP contribution in [0.15, 0.2) is 176 Å². The minimum Gasteiger partial charge on any atom is -0.376 e. The molecule has 286 valence electrons. The van der Waals surface area contributed by atoms with Crippen LogP contribution in [0.1, 0.15) is 57.3 Å². The van der Waals surface area contributed by atoms with Crippen molar-refractivity contribution in [2.45, 2.75) is 70.4 Å². The monoisotopic (exact) mass is 762 g/mol. The quantitative estimate of drug-likeness (QED) is 0.0867. The third kappa shape index (κ3) is 10.3. The Labute approximate surface area is 337 Å². The highest BCUT2D eigenvalue weighted by Crippen LogP contribution is 2.46. The van der Waals surface area contributed by atoms with E-state index in [2.05, 4.69) is 91.9 Å². The van der Waals surface area contributed by atoms with Gasteiger partial charge < -0.3 is 18.9 Å². The van der Waals surface area contributed by atoms with E-state index < -0.39 is 18.3 Å². The van der Waals surface area contributed by atoms with Crippen LogP contribution in [0, 0.1) is 5.92 Å². The summed E-state index contributed by atoms with van der Waals surface area (Å²) in [5.41, 5.74) is 10.0. The van der Waals surface area contributed by atoms with Gasteiger partial charge in [0.25, 0.3) is 0 Å². The number of ether oxygens (including phenoxy) is 4. The first-order valence-corrected chi connectivity index (χ1v) is 20.1. The van der Waals surface area contributed by atoms with E-state index in [9.17, 15) is 0 Å². The van der Waals surface area contributed by atoms with E-state index in [0.29, 0.717) is 39.5 Å². The van der Waals surface area contributed by atoms with Gasteiger partial charge in [-0.1, -0.05) is 188 Å². The molecule has 1 fully saturated rings. The molecule has 6 aromatic rings. The molecule has 0 aromatic heterocycles. The van der Waals surface area contributed by atoms with Crippen LogP contribution in [0.5, 0.6) is 0 Å². The lowest BCUT2D eigenvalue weighted by atomic mass is 9.69. The van der Waals surface area contributed by atoms with Gasteiger partial charge in [-0.25, -0.2) is 0 Å². The predicted octanol–water partition coefficient (Wildman–Crippen LogP) is 11.7. The molecule has 5 atom stereocenters. The summed E-state index contributed by atoms with van der Waals surface area (Å²) in [7, 11) is 0. The van der Waals surface area contributed by atoms with Gasteiger partial charge in [0.2, 0.25) is 0 Å². The van der Waals surface area contributed by atoms with Crippen molar-refractivity contribution >= 4 is 11.6 Å². The number of hydrogen-bond donors (Lipinski definition) is 0. The molecule has 0 amide bonds.